The second kappa shape index (κ2) is 8.97. The molecule has 0 radical (unpaired) electrons. The molecule has 1 atom stereocenters. The van der Waals surface area contributed by atoms with Gasteiger partial charge in [0.25, 0.3) is 0 Å². The number of amides is 2. The normalized spacial score (nSPS) is 23.6. The van der Waals surface area contributed by atoms with Crippen LogP contribution in [0.4, 0.5) is 4.79 Å². The van der Waals surface area contributed by atoms with Gasteiger partial charge < -0.3 is 19.7 Å². The van der Waals surface area contributed by atoms with Crippen molar-refractivity contribution in [1.29, 1.82) is 0 Å². The number of morpholine rings is 1. The molecule has 3 rings (SSSR count). The van der Waals surface area contributed by atoms with Gasteiger partial charge in [-0.3, -0.25) is 4.90 Å². The average molecular weight is 380 g/mol. The first-order valence-electron chi connectivity index (χ1n) is 9.15. The molecule has 2 heterocycles. The Kier molecular flexibility index (Phi) is 6.67. The Morgan fingerprint density at radius 1 is 1.35 bits per heavy atom. The smallest absolute Gasteiger partial charge is 0.317 e. The van der Waals surface area contributed by atoms with E-state index in [4.69, 9.17) is 9.47 Å². The maximum Gasteiger partial charge on any atom is 0.317 e. The molecule has 1 aromatic carbocycles. The number of nitrogens with one attached hydrogen (secondary N) is 1. The molecule has 144 valence electrons. The Hall–Kier alpha value is -1.44. The Labute approximate surface area is 160 Å². The Morgan fingerprint density at radius 3 is 2.69 bits per heavy atom. The van der Waals surface area contributed by atoms with Gasteiger partial charge in [0.2, 0.25) is 0 Å². The molecule has 0 saturated carbocycles. The van der Waals surface area contributed by atoms with E-state index >= 15 is 0 Å². The Balaban J connectivity index is 1.53. The molecule has 1 aromatic rings. The van der Waals surface area contributed by atoms with Gasteiger partial charge >= 0.3 is 6.03 Å². The van der Waals surface area contributed by atoms with Crippen molar-refractivity contribution in [3.8, 4) is 5.75 Å². The highest BCUT2D eigenvalue weighted by Crippen LogP contribution is 2.33. The molecule has 0 aliphatic carbocycles. The van der Waals surface area contributed by atoms with Crippen molar-refractivity contribution in [2.45, 2.75) is 18.5 Å². The Bertz CT molecular complexity index is 584. The number of nitrogens with zero attached hydrogens (tertiary/aromatic N) is 2. The number of carbonyl (C=O) groups is 1. The van der Waals surface area contributed by atoms with Crippen molar-refractivity contribution in [3.05, 3.63) is 29.8 Å². The molecule has 0 bridgehead atoms. The van der Waals surface area contributed by atoms with Crippen LogP contribution in [0.3, 0.4) is 0 Å². The summed E-state index contributed by atoms with van der Waals surface area (Å²) < 4.78 is 10.7. The lowest BCUT2D eigenvalue weighted by Crippen LogP contribution is -2.59. The van der Waals surface area contributed by atoms with Gasteiger partial charge in [-0.2, -0.15) is 11.8 Å². The third-order valence-electron chi connectivity index (χ3n) is 5.26. The fourth-order valence-electron chi connectivity index (χ4n) is 3.59. The first kappa shape index (κ1) is 19.3. The first-order chi connectivity index (χ1) is 12.6. The molecule has 0 aromatic heterocycles. The van der Waals surface area contributed by atoms with Crippen molar-refractivity contribution in [3.63, 3.8) is 0 Å². The van der Waals surface area contributed by atoms with Crippen molar-refractivity contribution in [1.82, 2.24) is 15.1 Å². The van der Waals surface area contributed by atoms with Crippen LogP contribution in [0, 0.1) is 0 Å². The molecular weight excluding hydrogens is 350 g/mol. The largest absolute Gasteiger partial charge is 0.497 e. The number of urea groups is 1. The van der Waals surface area contributed by atoms with E-state index in [0.717, 1.165) is 55.5 Å². The van der Waals surface area contributed by atoms with Crippen molar-refractivity contribution in [2.24, 2.45) is 0 Å². The maximum absolute atomic E-state index is 12.6. The number of rotatable bonds is 6. The zero-order chi connectivity index (χ0) is 18.4. The van der Waals surface area contributed by atoms with E-state index < -0.39 is 0 Å². The van der Waals surface area contributed by atoms with E-state index in [0.29, 0.717) is 13.1 Å². The van der Waals surface area contributed by atoms with Crippen LogP contribution in [-0.2, 0) is 11.3 Å². The monoisotopic (exact) mass is 379 g/mol. The van der Waals surface area contributed by atoms with Gasteiger partial charge in [-0.25, -0.2) is 4.79 Å². The van der Waals surface area contributed by atoms with E-state index in [9.17, 15) is 4.79 Å². The number of benzene rings is 1. The van der Waals surface area contributed by atoms with Crippen LogP contribution >= 0.6 is 11.8 Å². The summed E-state index contributed by atoms with van der Waals surface area (Å²) in [5.74, 6) is 3.07. The van der Waals surface area contributed by atoms with Crippen molar-refractivity contribution >= 4 is 17.8 Å². The standard InChI is InChI=1S/C19H29N3O3S/c1-21(13-16-3-5-17(24-2)6-4-16)18(23)20-14-19(7-12-26-15-19)22-8-10-25-11-9-22/h3-6H,7-15H2,1-2H3,(H,20,23). The lowest BCUT2D eigenvalue weighted by molar-refractivity contribution is -0.0127. The third-order valence-corrected chi connectivity index (χ3v) is 6.49. The molecule has 6 nitrogen and oxygen atoms in total. The number of hydrogen-bond acceptors (Lipinski definition) is 5. The van der Waals surface area contributed by atoms with E-state index in [1.54, 1.807) is 12.0 Å². The first-order valence-corrected chi connectivity index (χ1v) is 10.3. The van der Waals surface area contributed by atoms with Crippen molar-refractivity contribution in [2.75, 3.05) is 58.5 Å². The summed E-state index contributed by atoms with van der Waals surface area (Å²) in [6.07, 6.45) is 1.13. The molecule has 26 heavy (non-hydrogen) atoms. The average Bonchev–Trinajstić information content (AvgIpc) is 3.17. The number of thioether (sulfide) groups is 1. The number of carbonyl (C=O) groups excluding carboxylic acids is 1. The summed E-state index contributed by atoms with van der Waals surface area (Å²) in [7, 11) is 3.49. The highest BCUT2D eigenvalue weighted by atomic mass is 32.2. The molecule has 7 heteroatoms. The van der Waals surface area contributed by atoms with Crippen molar-refractivity contribution < 1.29 is 14.3 Å². The van der Waals surface area contributed by atoms with Gasteiger partial charge in [-0.1, -0.05) is 12.1 Å². The SMILES string of the molecule is COc1ccc(CN(C)C(=O)NCC2(N3CCOCC3)CCSC2)cc1. The molecule has 2 amide bonds. The lowest BCUT2D eigenvalue weighted by Gasteiger charge is -2.43. The van der Waals surface area contributed by atoms with Gasteiger partial charge in [0.15, 0.2) is 0 Å². The van der Waals surface area contributed by atoms with E-state index in [1.807, 2.05) is 43.1 Å². The van der Waals surface area contributed by atoms with E-state index in [1.165, 1.54) is 0 Å². The van der Waals surface area contributed by atoms with Crippen LogP contribution in [0.1, 0.15) is 12.0 Å². The molecule has 2 saturated heterocycles. The van der Waals surface area contributed by atoms with Crippen LogP contribution in [0.5, 0.6) is 5.75 Å². The minimum absolute atomic E-state index is 0.0228. The number of methoxy groups -OCH3 is 1. The predicted molar refractivity (Wildman–Crippen MR) is 105 cm³/mol. The fraction of sp³-hybridized carbons (Fsp3) is 0.632. The molecule has 1 unspecified atom stereocenters. The third kappa shape index (κ3) is 4.64. The summed E-state index contributed by atoms with van der Waals surface area (Å²) in [5.41, 5.74) is 1.16. The van der Waals surface area contributed by atoms with Crippen LogP contribution in [0.2, 0.25) is 0 Å². The number of ether oxygens (including phenoxy) is 2. The quantitative estimate of drug-likeness (QED) is 0.820. The highest BCUT2D eigenvalue weighted by Gasteiger charge is 2.41. The summed E-state index contributed by atoms with van der Waals surface area (Å²) in [4.78, 5) is 16.8. The summed E-state index contributed by atoms with van der Waals surface area (Å²) in [5, 5.41) is 3.17. The summed E-state index contributed by atoms with van der Waals surface area (Å²) >= 11 is 1.98. The van der Waals surface area contributed by atoms with Crippen LogP contribution in [0.25, 0.3) is 0 Å². The Morgan fingerprint density at radius 2 is 2.08 bits per heavy atom. The van der Waals surface area contributed by atoms with Gasteiger partial charge in [-0.05, 0) is 29.9 Å². The molecule has 1 N–H and O–H groups in total. The minimum atomic E-state index is -0.0228. The molecule has 0 spiro atoms. The van der Waals surface area contributed by atoms with Gasteiger partial charge in [0, 0.05) is 44.5 Å². The highest BCUT2D eigenvalue weighted by molar-refractivity contribution is 7.99. The predicted octanol–water partition coefficient (Wildman–Crippen LogP) is 2.04. The fourth-order valence-corrected chi connectivity index (χ4v) is 5.06. The minimum Gasteiger partial charge on any atom is -0.497 e. The molecular formula is C19H29N3O3S. The molecule has 2 fully saturated rings. The maximum atomic E-state index is 12.6. The summed E-state index contributed by atoms with van der Waals surface area (Å²) in [6, 6.07) is 7.80. The van der Waals surface area contributed by atoms with Gasteiger partial charge in [-0.15, -0.1) is 0 Å². The van der Waals surface area contributed by atoms with Crippen LogP contribution in [0.15, 0.2) is 24.3 Å². The zero-order valence-corrected chi connectivity index (χ0v) is 16.5. The summed E-state index contributed by atoms with van der Waals surface area (Å²) in [6.45, 7) is 4.77. The molecule has 2 aliphatic heterocycles. The second-order valence-electron chi connectivity index (χ2n) is 6.99. The van der Waals surface area contributed by atoms with Crippen LogP contribution in [-0.4, -0.2) is 79.9 Å². The van der Waals surface area contributed by atoms with Gasteiger partial charge in [0.1, 0.15) is 5.75 Å². The van der Waals surface area contributed by atoms with E-state index in [2.05, 4.69) is 10.2 Å². The zero-order valence-electron chi connectivity index (χ0n) is 15.7. The van der Waals surface area contributed by atoms with E-state index in [-0.39, 0.29) is 11.6 Å². The number of hydrogen-bond donors (Lipinski definition) is 1. The lowest BCUT2D eigenvalue weighted by atomic mass is 9.95. The molecule has 2 aliphatic rings. The second-order valence-corrected chi connectivity index (χ2v) is 8.09. The van der Waals surface area contributed by atoms with Gasteiger partial charge in [0.05, 0.1) is 20.3 Å². The topological polar surface area (TPSA) is 54.0 Å². The van der Waals surface area contributed by atoms with Crippen LogP contribution < -0.4 is 10.1 Å².